The lowest BCUT2D eigenvalue weighted by molar-refractivity contribution is -0.121. The number of hydrogen-bond donors (Lipinski definition) is 3. The Balaban J connectivity index is 1.79. The standard InChI is InChI=1S/C17H26N4O5S/c1-18-17(21-12-4-5-14(25-2)15(10-12)26-3)19-8-6-16(22)20-13-7-9-27(23,24)11-13/h4-5,10,13H,6-9,11H2,1-3H3,(H,20,22)(H2,18,19,21). The third-order valence-electron chi connectivity index (χ3n) is 4.11. The number of ether oxygens (including phenoxy) is 2. The summed E-state index contributed by atoms with van der Waals surface area (Å²) < 4.78 is 33.3. The molecule has 0 aliphatic carbocycles. The second-order valence-corrected chi connectivity index (χ2v) is 8.34. The van der Waals surface area contributed by atoms with Crippen molar-refractivity contribution in [3.05, 3.63) is 18.2 Å². The van der Waals surface area contributed by atoms with Crippen molar-refractivity contribution in [2.45, 2.75) is 18.9 Å². The number of hydrogen-bond acceptors (Lipinski definition) is 6. The first kappa shape index (κ1) is 20.8. The molecule has 0 radical (unpaired) electrons. The van der Waals surface area contributed by atoms with Crippen LogP contribution in [0.15, 0.2) is 23.2 Å². The number of rotatable bonds is 7. The fourth-order valence-corrected chi connectivity index (χ4v) is 4.41. The largest absolute Gasteiger partial charge is 0.493 e. The minimum atomic E-state index is -3.00. The second kappa shape index (κ2) is 9.45. The smallest absolute Gasteiger partial charge is 0.222 e. The molecule has 0 aromatic heterocycles. The number of nitrogens with zero attached hydrogens (tertiary/aromatic N) is 1. The van der Waals surface area contributed by atoms with Gasteiger partial charge in [-0.15, -0.1) is 0 Å². The minimum absolute atomic E-state index is 0.0225. The van der Waals surface area contributed by atoms with Gasteiger partial charge in [0, 0.05) is 37.8 Å². The van der Waals surface area contributed by atoms with Gasteiger partial charge in [0.1, 0.15) is 0 Å². The molecule has 1 unspecified atom stereocenters. The van der Waals surface area contributed by atoms with E-state index in [9.17, 15) is 13.2 Å². The van der Waals surface area contributed by atoms with Gasteiger partial charge < -0.3 is 25.4 Å². The van der Waals surface area contributed by atoms with Crippen molar-refractivity contribution >= 4 is 27.4 Å². The van der Waals surface area contributed by atoms with Crippen LogP contribution in [0.2, 0.25) is 0 Å². The fraction of sp³-hybridized carbons (Fsp3) is 0.529. The van der Waals surface area contributed by atoms with Gasteiger partial charge in [0.05, 0.1) is 25.7 Å². The number of sulfone groups is 1. The monoisotopic (exact) mass is 398 g/mol. The van der Waals surface area contributed by atoms with Gasteiger partial charge in [-0.05, 0) is 18.6 Å². The molecule has 1 saturated heterocycles. The number of carbonyl (C=O) groups excluding carboxylic acids is 1. The van der Waals surface area contributed by atoms with E-state index in [1.807, 2.05) is 6.07 Å². The van der Waals surface area contributed by atoms with Crippen LogP contribution in [-0.4, -0.2) is 65.6 Å². The predicted octanol–water partition coefficient (Wildman–Crippen LogP) is 0.385. The number of methoxy groups -OCH3 is 2. The van der Waals surface area contributed by atoms with Crippen molar-refractivity contribution in [1.29, 1.82) is 0 Å². The molecule has 1 atom stereocenters. The van der Waals surface area contributed by atoms with E-state index in [-0.39, 0.29) is 29.9 Å². The van der Waals surface area contributed by atoms with Crippen LogP contribution in [0.5, 0.6) is 11.5 Å². The number of nitrogens with one attached hydrogen (secondary N) is 3. The van der Waals surface area contributed by atoms with Gasteiger partial charge in [-0.1, -0.05) is 0 Å². The summed E-state index contributed by atoms with van der Waals surface area (Å²) in [7, 11) is 1.75. The van der Waals surface area contributed by atoms with Crippen LogP contribution < -0.4 is 25.4 Å². The summed E-state index contributed by atoms with van der Waals surface area (Å²) in [5.41, 5.74) is 0.751. The normalized spacial score (nSPS) is 18.6. The molecular weight excluding hydrogens is 372 g/mol. The first-order chi connectivity index (χ1) is 12.9. The van der Waals surface area contributed by atoms with Gasteiger partial charge in [0.25, 0.3) is 0 Å². The maximum Gasteiger partial charge on any atom is 0.222 e. The van der Waals surface area contributed by atoms with Crippen LogP contribution in [0.25, 0.3) is 0 Å². The van der Waals surface area contributed by atoms with E-state index >= 15 is 0 Å². The summed E-state index contributed by atoms with van der Waals surface area (Å²) in [4.78, 5) is 16.1. The van der Waals surface area contributed by atoms with Crippen LogP contribution in [0, 0.1) is 0 Å². The Morgan fingerprint density at radius 1 is 1.26 bits per heavy atom. The zero-order chi connectivity index (χ0) is 19.9. The maximum atomic E-state index is 12.0. The highest BCUT2D eigenvalue weighted by atomic mass is 32.2. The predicted molar refractivity (Wildman–Crippen MR) is 104 cm³/mol. The lowest BCUT2D eigenvalue weighted by Gasteiger charge is -2.15. The summed E-state index contributed by atoms with van der Waals surface area (Å²) in [5.74, 6) is 1.68. The van der Waals surface area contributed by atoms with Crippen LogP contribution in [0.3, 0.4) is 0 Å². The lowest BCUT2D eigenvalue weighted by atomic mass is 10.2. The third-order valence-corrected chi connectivity index (χ3v) is 5.88. The van der Waals surface area contributed by atoms with Gasteiger partial charge in [-0.2, -0.15) is 0 Å². The second-order valence-electron chi connectivity index (χ2n) is 6.11. The van der Waals surface area contributed by atoms with Crippen molar-refractivity contribution in [1.82, 2.24) is 10.6 Å². The molecule has 1 aromatic rings. The topological polar surface area (TPSA) is 118 Å². The highest BCUT2D eigenvalue weighted by Crippen LogP contribution is 2.29. The van der Waals surface area contributed by atoms with Gasteiger partial charge in [0.15, 0.2) is 27.3 Å². The summed E-state index contributed by atoms with van der Waals surface area (Å²) >= 11 is 0. The van der Waals surface area contributed by atoms with Crippen LogP contribution >= 0.6 is 0 Å². The third kappa shape index (κ3) is 6.31. The van der Waals surface area contributed by atoms with E-state index in [0.29, 0.717) is 30.4 Å². The van der Waals surface area contributed by atoms with Crippen molar-refractivity contribution in [2.75, 3.05) is 44.6 Å². The highest BCUT2D eigenvalue weighted by molar-refractivity contribution is 7.91. The van der Waals surface area contributed by atoms with Crippen LogP contribution in [0.4, 0.5) is 5.69 Å². The molecule has 0 spiro atoms. The highest BCUT2D eigenvalue weighted by Gasteiger charge is 2.28. The number of anilines is 1. The number of aliphatic imine (C=N–C) groups is 1. The SMILES string of the molecule is CN=C(NCCC(=O)NC1CCS(=O)(=O)C1)Nc1ccc(OC)c(OC)c1. The van der Waals surface area contributed by atoms with E-state index < -0.39 is 9.84 Å². The molecule has 150 valence electrons. The van der Waals surface area contributed by atoms with Crippen molar-refractivity contribution < 1.29 is 22.7 Å². The molecule has 0 bridgehead atoms. The molecule has 1 amide bonds. The van der Waals surface area contributed by atoms with E-state index in [1.165, 1.54) is 0 Å². The average Bonchev–Trinajstić information content (AvgIpc) is 2.98. The quantitative estimate of drug-likeness (QED) is 0.449. The van der Waals surface area contributed by atoms with Crippen LogP contribution in [0.1, 0.15) is 12.8 Å². The molecular formula is C17H26N4O5S. The molecule has 2 rings (SSSR count). The molecule has 1 aliphatic rings. The Morgan fingerprint density at radius 2 is 2.00 bits per heavy atom. The van der Waals surface area contributed by atoms with Gasteiger partial charge in [0.2, 0.25) is 5.91 Å². The lowest BCUT2D eigenvalue weighted by Crippen LogP contribution is -2.38. The summed E-state index contributed by atoms with van der Waals surface area (Å²) in [6.07, 6.45) is 0.688. The molecule has 1 aromatic carbocycles. The molecule has 1 fully saturated rings. The Hall–Kier alpha value is -2.49. The number of benzene rings is 1. The summed E-state index contributed by atoms with van der Waals surface area (Å²) in [6.45, 7) is 0.359. The number of guanidine groups is 1. The Labute approximate surface area is 159 Å². The minimum Gasteiger partial charge on any atom is -0.493 e. The van der Waals surface area contributed by atoms with Crippen molar-refractivity contribution in [3.8, 4) is 11.5 Å². The van der Waals surface area contributed by atoms with Gasteiger partial charge in [-0.25, -0.2) is 8.42 Å². The molecule has 1 heterocycles. The van der Waals surface area contributed by atoms with E-state index in [4.69, 9.17) is 9.47 Å². The zero-order valence-corrected chi connectivity index (χ0v) is 16.6. The molecule has 9 nitrogen and oxygen atoms in total. The van der Waals surface area contributed by atoms with E-state index in [2.05, 4.69) is 20.9 Å². The molecule has 27 heavy (non-hydrogen) atoms. The van der Waals surface area contributed by atoms with E-state index in [0.717, 1.165) is 5.69 Å². The first-order valence-corrected chi connectivity index (χ1v) is 10.4. The summed E-state index contributed by atoms with van der Waals surface area (Å²) in [5, 5.41) is 8.90. The molecule has 10 heteroatoms. The number of amides is 1. The number of carbonyl (C=O) groups is 1. The van der Waals surface area contributed by atoms with E-state index in [1.54, 1.807) is 33.4 Å². The van der Waals surface area contributed by atoms with Crippen molar-refractivity contribution in [3.63, 3.8) is 0 Å². The van der Waals surface area contributed by atoms with Crippen LogP contribution in [-0.2, 0) is 14.6 Å². The summed E-state index contributed by atoms with van der Waals surface area (Å²) in [6, 6.07) is 5.09. The Morgan fingerprint density at radius 3 is 2.59 bits per heavy atom. The molecule has 1 aliphatic heterocycles. The zero-order valence-electron chi connectivity index (χ0n) is 15.7. The Bertz CT molecular complexity index is 795. The Kier molecular flexibility index (Phi) is 7.28. The maximum absolute atomic E-state index is 12.0. The van der Waals surface area contributed by atoms with Gasteiger partial charge >= 0.3 is 0 Å². The molecule has 3 N–H and O–H groups in total. The van der Waals surface area contributed by atoms with Crippen molar-refractivity contribution in [2.24, 2.45) is 4.99 Å². The fourth-order valence-electron chi connectivity index (χ4n) is 2.73. The first-order valence-electron chi connectivity index (χ1n) is 8.56. The average molecular weight is 398 g/mol. The van der Waals surface area contributed by atoms with Gasteiger partial charge in [-0.3, -0.25) is 9.79 Å². The molecule has 0 saturated carbocycles.